The lowest BCUT2D eigenvalue weighted by Gasteiger charge is -2.05. The predicted octanol–water partition coefficient (Wildman–Crippen LogP) is 4.11. The van der Waals surface area contributed by atoms with Crippen LogP contribution >= 0.6 is 0 Å². The van der Waals surface area contributed by atoms with Crippen LogP contribution < -0.4 is 0 Å². The molecule has 4 nitrogen and oxygen atoms in total. The monoisotopic (exact) mass is 284 g/mol. The third kappa shape index (κ3) is 16.4. The normalized spacial score (nSPS) is 9.10. The number of hydrogen-bond donors (Lipinski definition) is 1. The number of carbonyl (C=O) groups excluding carboxylic acids is 1. The Hall–Kier alpha value is -1.58. The van der Waals surface area contributed by atoms with Crippen molar-refractivity contribution >= 4 is 11.9 Å². The fourth-order valence-electron chi connectivity index (χ4n) is 1.38. The van der Waals surface area contributed by atoms with Gasteiger partial charge in [0.2, 0.25) is 0 Å². The summed E-state index contributed by atoms with van der Waals surface area (Å²) in [6.07, 6.45) is 8.42. The summed E-state index contributed by atoms with van der Waals surface area (Å²) in [4.78, 5) is 20.6. The Morgan fingerprint density at radius 1 is 1.10 bits per heavy atom. The molecule has 0 saturated carbocycles. The first-order valence-corrected chi connectivity index (χ1v) is 7.19. The number of unbranched alkanes of at least 4 members (excludes halogenated alkanes) is 4. The van der Waals surface area contributed by atoms with Crippen LogP contribution in [0.5, 0.6) is 0 Å². The van der Waals surface area contributed by atoms with Crippen LogP contribution in [0.4, 0.5) is 0 Å². The fraction of sp³-hybridized carbons (Fsp3) is 0.625. The summed E-state index contributed by atoms with van der Waals surface area (Å²) in [5, 5.41) is 7.60. The molecule has 0 spiro atoms. The fourth-order valence-corrected chi connectivity index (χ4v) is 1.38. The van der Waals surface area contributed by atoms with Crippen LogP contribution in [0.3, 0.4) is 0 Å². The SMILES string of the molecule is C=C(CCC)C(=O)OCCCCCCC.C=CC(=O)O. The van der Waals surface area contributed by atoms with Crippen LogP contribution in [0.2, 0.25) is 0 Å². The molecule has 20 heavy (non-hydrogen) atoms. The van der Waals surface area contributed by atoms with E-state index in [4.69, 9.17) is 9.84 Å². The lowest BCUT2D eigenvalue weighted by molar-refractivity contribution is -0.139. The third-order valence-corrected chi connectivity index (χ3v) is 2.50. The van der Waals surface area contributed by atoms with Crippen molar-refractivity contribution in [3.8, 4) is 0 Å². The minimum Gasteiger partial charge on any atom is -0.478 e. The highest BCUT2D eigenvalue weighted by Gasteiger charge is 2.06. The molecule has 116 valence electrons. The van der Waals surface area contributed by atoms with Crippen LogP contribution in [0.1, 0.15) is 58.8 Å². The van der Waals surface area contributed by atoms with Gasteiger partial charge in [0.1, 0.15) is 0 Å². The summed E-state index contributed by atoms with van der Waals surface area (Å²) in [6, 6.07) is 0. The van der Waals surface area contributed by atoms with Gasteiger partial charge < -0.3 is 9.84 Å². The summed E-state index contributed by atoms with van der Waals surface area (Å²) in [5.41, 5.74) is 0.603. The van der Waals surface area contributed by atoms with Crippen molar-refractivity contribution in [1.29, 1.82) is 0 Å². The maximum absolute atomic E-state index is 11.3. The van der Waals surface area contributed by atoms with Gasteiger partial charge in [-0.25, -0.2) is 9.59 Å². The van der Waals surface area contributed by atoms with Gasteiger partial charge in [0, 0.05) is 11.6 Å². The number of carbonyl (C=O) groups is 2. The Bertz CT molecular complexity index is 295. The maximum atomic E-state index is 11.3. The molecule has 0 unspecified atom stereocenters. The Kier molecular flexibility index (Phi) is 16.0. The molecule has 0 saturated heterocycles. The van der Waals surface area contributed by atoms with Crippen molar-refractivity contribution < 1.29 is 19.4 Å². The predicted molar refractivity (Wildman–Crippen MR) is 81.6 cm³/mol. The van der Waals surface area contributed by atoms with Crippen LogP contribution in [-0.2, 0) is 14.3 Å². The standard InChI is InChI=1S/C13H24O2.C3H4O2/c1-4-6-7-8-9-11-15-13(14)12(3)10-5-2;1-2-3(4)5/h3-11H2,1-2H3;2H,1H2,(H,4,5). The van der Waals surface area contributed by atoms with Crippen LogP contribution in [0.25, 0.3) is 0 Å². The van der Waals surface area contributed by atoms with Crippen molar-refractivity contribution in [2.24, 2.45) is 0 Å². The third-order valence-electron chi connectivity index (χ3n) is 2.50. The largest absolute Gasteiger partial charge is 0.478 e. The molecule has 0 atom stereocenters. The Balaban J connectivity index is 0. The summed E-state index contributed by atoms with van der Waals surface area (Å²) in [7, 11) is 0. The Morgan fingerprint density at radius 2 is 1.65 bits per heavy atom. The van der Waals surface area contributed by atoms with Gasteiger partial charge in [0.25, 0.3) is 0 Å². The molecule has 0 aromatic heterocycles. The van der Waals surface area contributed by atoms with E-state index in [1.165, 1.54) is 19.3 Å². The van der Waals surface area contributed by atoms with Crippen molar-refractivity contribution in [1.82, 2.24) is 0 Å². The first-order chi connectivity index (χ1) is 9.49. The minimum absolute atomic E-state index is 0.215. The van der Waals surface area contributed by atoms with E-state index < -0.39 is 5.97 Å². The number of esters is 1. The summed E-state index contributed by atoms with van der Waals surface area (Å²) in [6.45, 7) is 11.4. The van der Waals surface area contributed by atoms with E-state index in [0.29, 0.717) is 12.2 Å². The number of aliphatic carboxylic acids is 1. The smallest absolute Gasteiger partial charge is 0.333 e. The molecule has 0 amide bonds. The first kappa shape index (κ1) is 20.7. The first-order valence-electron chi connectivity index (χ1n) is 7.19. The van der Waals surface area contributed by atoms with Crippen LogP contribution in [-0.4, -0.2) is 23.7 Å². The molecule has 0 aliphatic carbocycles. The van der Waals surface area contributed by atoms with Crippen LogP contribution in [0.15, 0.2) is 24.8 Å². The zero-order chi connectivity index (χ0) is 15.8. The molecule has 0 fully saturated rings. The average molecular weight is 284 g/mol. The second-order valence-corrected chi connectivity index (χ2v) is 4.45. The molecule has 1 N–H and O–H groups in total. The number of carboxylic acid groups (broad SMARTS) is 1. The van der Waals surface area contributed by atoms with Gasteiger partial charge in [-0.05, 0) is 12.8 Å². The second kappa shape index (κ2) is 15.5. The van der Waals surface area contributed by atoms with Crippen molar-refractivity contribution in [2.45, 2.75) is 58.8 Å². The molecule has 0 aromatic carbocycles. The molecule has 0 rings (SSSR count). The van der Waals surface area contributed by atoms with Crippen LogP contribution in [0, 0.1) is 0 Å². The molecule has 0 radical (unpaired) electrons. The minimum atomic E-state index is -0.981. The van der Waals surface area contributed by atoms with Crippen molar-refractivity contribution in [3.63, 3.8) is 0 Å². The molecule has 0 aromatic rings. The molecular weight excluding hydrogens is 256 g/mol. The van der Waals surface area contributed by atoms with Gasteiger partial charge in [-0.15, -0.1) is 0 Å². The Morgan fingerprint density at radius 3 is 2.10 bits per heavy atom. The molecule has 0 aliphatic heterocycles. The number of ether oxygens (including phenoxy) is 1. The van der Waals surface area contributed by atoms with E-state index in [1.807, 2.05) is 6.92 Å². The van der Waals surface area contributed by atoms with Gasteiger partial charge in [-0.1, -0.05) is 59.1 Å². The van der Waals surface area contributed by atoms with Gasteiger partial charge in [0.15, 0.2) is 0 Å². The average Bonchev–Trinajstić information content (AvgIpc) is 2.43. The topological polar surface area (TPSA) is 63.6 Å². The lowest BCUT2D eigenvalue weighted by atomic mass is 10.1. The van der Waals surface area contributed by atoms with Gasteiger partial charge >= 0.3 is 11.9 Å². The summed E-state index contributed by atoms with van der Waals surface area (Å²) < 4.78 is 5.10. The maximum Gasteiger partial charge on any atom is 0.333 e. The zero-order valence-corrected chi connectivity index (χ0v) is 12.8. The van der Waals surface area contributed by atoms with Crippen molar-refractivity contribution in [3.05, 3.63) is 24.8 Å². The van der Waals surface area contributed by atoms with Gasteiger partial charge in [-0.2, -0.15) is 0 Å². The molecule has 0 heterocycles. The Labute approximate surface area is 122 Å². The highest BCUT2D eigenvalue weighted by Crippen LogP contribution is 2.06. The van der Waals surface area contributed by atoms with E-state index >= 15 is 0 Å². The molecule has 4 heteroatoms. The van der Waals surface area contributed by atoms with Gasteiger partial charge in [-0.3, -0.25) is 0 Å². The zero-order valence-electron chi connectivity index (χ0n) is 12.8. The van der Waals surface area contributed by atoms with E-state index in [9.17, 15) is 9.59 Å². The lowest BCUT2D eigenvalue weighted by Crippen LogP contribution is -2.08. The van der Waals surface area contributed by atoms with E-state index in [2.05, 4.69) is 20.1 Å². The number of carboxylic acids is 1. The summed E-state index contributed by atoms with van der Waals surface area (Å²) in [5.74, 6) is -1.20. The molecular formula is C16H28O4. The highest BCUT2D eigenvalue weighted by atomic mass is 16.5. The second-order valence-electron chi connectivity index (χ2n) is 4.45. The highest BCUT2D eigenvalue weighted by molar-refractivity contribution is 5.87. The summed E-state index contributed by atoms with van der Waals surface area (Å²) >= 11 is 0. The number of hydrogen-bond acceptors (Lipinski definition) is 3. The van der Waals surface area contributed by atoms with Gasteiger partial charge in [0.05, 0.1) is 6.61 Å². The molecule has 0 bridgehead atoms. The van der Waals surface area contributed by atoms with Crippen molar-refractivity contribution in [2.75, 3.05) is 6.61 Å². The van der Waals surface area contributed by atoms with E-state index in [1.54, 1.807) is 0 Å². The molecule has 0 aliphatic rings. The van der Waals surface area contributed by atoms with E-state index in [-0.39, 0.29) is 5.97 Å². The quantitative estimate of drug-likeness (QED) is 0.372. The van der Waals surface area contributed by atoms with E-state index in [0.717, 1.165) is 31.8 Å². The number of rotatable bonds is 10.